The molecule has 3 N–H and O–H groups in total. The largest absolute Gasteiger partial charge is 0.392 e. The molecule has 0 unspecified atom stereocenters. The van der Waals surface area contributed by atoms with E-state index in [1.54, 1.807) is 0 Å². The molecule has 0 aromatic carbocycles. The number of amidine groups is 1. The van der Waals surface area contributed by atoms with Crippen LogP contribution in [0.25, 0.3) is 0 Å². The molecule has 0 bridgehead atoms. The molecule has 64 valence electrons. The molecule has 0 saturated carbocycles. The fraction of sp³-hybridized carbons (Fsp3) is 0.200. The molecule has 1 heterocycles. The number of aryl methyl sites for hydroxylation is 1. The minimum Gasteiger partial charge on any atom is -0.382 e. The molecule has 0 radical (unpaired) electrons. The minimum atomic E-state index is -0.670. The fourth-order valence-electron chi connectivity index (χ4n) is 0.862. The van der Waals surface area contributed by atoms with Crippen LogP contribution in [0.3, 0.4) is 0 Å². The number of aromatic nitrogens is 2. The van der Waals surface area contributed by atoms with Crippen molar-refractivity contribution < 1.29 is 4.92 Å². The summed E-state index contributed by atoms with van der Waals surface area (Å²) in [6.45, 7) is 0. The number of imidazole rings is 1. The highest BCUT2D eigenvalue weighted by molar-refractivity contribution is 5.96. The molecule has 7 heteroatoms. The van der Waals surface area contributed by atoms with Gasteiger partial charge < -0.3 is 20.4 Å². The normalized spacial score (nSPS) is 9.75. The van der Waals surface area contributed by atoms with Crippen molar-refractivity contribution in [3.8, 4) is 0 Å². The Morgan fingerprint density at radius 2 is 2.50 bits per heavy atom. The second-order valence-electron chi connectivity index (χ2n) is 2.20. The van der Waals surface area contributed by atoms with Crippen LogP contribution in [0.15, 0.2) is 6.33 Å². The second-order valence-corrected chi connectivity index (χ2v) is 2.20. The first kappa shape index (κ1) is 8.18. The SMILES string of the molecule is Cn1cnc([N+](=O)[O-])c1C(=N)N. The number of nitrogens with zero attached hydrogens (tertiary/aromatic N) is 3. The van der Waals surface area contributed by atoms with Crippen LogP contribution >= 0.6 is 0 Å². The van der Waals surface area contributed by atoms with Gasteiger partial charge in [0.25, 0.3) is 0 Å². The molecule has 1 aromatic rings. The first-order valence-corrected chi connectivity index (χ1v) is 3.04. The summed E-state index contributed by atoms with van der Waals surface area (Å²) in [6, 6.07) is 0. The van der Waals surface area contributed by atoms with Crippen molar-refractivity contribution in [3.05, 3.63) is 22.1 Å². The lowest BCUT2D eigenvalue weighted by Crippen LogP contribution is -2.16. The number of hydrogen-bond acceptors (Lipinski definition) is 4. The van der Waals surface area contributed by atoms with Crippen molar-refractivity contribution in [1.82, 2.24) is 9.55 Å². The lowest BCUT2D eigenvalue weighted by atomic mass is 10.4. The summed E-state index contributed by atoms with van der Waals surface area (Å²) >= 11 is 0. The van der Waals surface area contributed by atoms with Crippen LogP contribution in [-0.2, 0) is 7.05 Å². The van der Waals surface area contributed by atoms with Crippen molar-refractivity contribution in [1.29, 1.82) is 5.41 Å². The van der Waals surface area contributed by atoms with Crippen molar-refractivity contribution in [2.75, 3.05) is 0 Å². The average molecular weight is 169 g/mol. The van der Waals surface area contributed by atoms with E-state index in [-0.39, 0.29) is 17.3 Å². The molecule has 0 aliphatic carbocycles. The van der Waals surface area contributed by atoms with Crippen LogP contribution in [0, 0.1) is 15.5 Å². The van der Waals surface area contributed by atoms with E-state index in [4.69, 9.17) is 11.1 Å². The molecule has 0 aliphatic rings. The van der Waals surface area contributed by atoms with Gasteiger partial charge in [0.05, 0.1) is 0 Å². The van der Waals surface area contributed by atoms with Gasteiger partial charge in [-0.05, 0) is 9.91 Å². The van der Waals surface area contributed by atoms with Crippen LogP contribution in [0.4, 0.5) is 5.82 Å². The highest BCUT2D eigenvalue weighted by Crippen LogP contribution is 2.13. The predicted octanol–water partition coefficient (Wildman–Crippen LogP) is -0.388. The fourth-order valence-corrected chi connectivity index (χ4v) is 0.862. The lowest BCUT2D eigenvalue weighted by Gasteiger charge is -1.96. The van der Waals surface area contributed by atoms with Crippen LogP contribution in [0.2, 0.25) is 0 Å². The Morgan fingerprint density at radius 1 is 1.92 bits per heavy atom. The van der Waals surface area contributed by atoms with E-state index >= 15 is 0 Å². The van der Waals surface area contributed by atoms with E-state index in [0.717, 1.165) is 0 Å². The second kappa shape index (κ2) is 2.61. The number of nitrogen functional groups attached to an aromatic ring is 1. The Hall–Kier alpha value is -1.92. The quantitative estimate of drug-likeness (QED) is 0.272. The Labute approximate surface area is 67.5 Å². The molecule has 0 aliphatic heterocycles. The van der Waals surface area contributed by atoms with E-state index in [0.29, 0.717) is 0 Å². The molecular formula is C5H7N5O2. The summed E-state index contributed by atoms with van der Waals surface area (Å²) in [5.74, 6) is -0.744. The highest BCUT2D eigenvalue weighted by atomic mass is 16.6. The Morgan fingerprint density at radius 3 is 2.83 bits per heavy atom. The standard InChI is InChI=1S/C5H7N5O2/c1-9-2-8-5(10(11)12)3(9)4(6)7/h2H,1H3,(H3,6,7). The smallest absolute Gasteiger partial charge is 0.382 e. The summed E-state index contributed by atoms with van der Waals surface area (Å²) < 4.78 is 1.33. The summed E-state index contributed by atoms with van der Waals surface area (Å²) in [6.07, 6.45) is 1.24. The Balaban J connectivity index is 3.31. The molecule has 7 nitrogen and oxygen atoms in total. The van der Waals surface area contributed by atoms with Gasteiger partial charge in [-0.2, -0.15) is 0 Å². The number of nitrogens with two attached hydrogens (primary N) is 1. The van der Waals surface area contributed by atoms with Gasteiger partial charge in [0, 0.05) is 7.05 Å². The number of nitrogens with one attached hydrogen (secondary N) is 1. The molecule has 1 rings (SSSR count). The van der Waals surface area contributed by atoms with Crippen molar-refractivity contribution in [2.24, 2.45) is 12.8 Å². The predicted molar refractivity (Wildman–Crippen MR) is 40.9 cm³/mol. The highest BCUT2D eigenvalue weighted by Gasteiger charge is 2.21. The van der Waals surface area contributed by atoms with Crippen LogP contribution in [-0.4, -0.2) is 20.3 Å². The van der Waals surface area contributed by atoms with Crippen LogP contribution in [0.1, 0.15) is 5.69 Å². The molecule has 0 saturated heterocycles. The van der Waals surface area contributed by atoms with Gasteiger partial charge in [0.2, 0.25) is 6.33 Å². The summed E-state index contributed by atoms with van der Waals surface area (Å²) in [4.78, 5) is 13.1. The molecule has 12 heavy (non-hydrogen) atoms. The number of hydrogen-bond donors (Lipinski definition) is 2. The van der Waals surface area contributed by atoms with Gasteiger partial charge >= 0.3 is 5.82 Å². The maximum atomic E-state index is 10.3. The zero-order valence-corrected chi connectivity index (χ0v) is 6.31. The monoisotopic (exact) mass is 169 g/mol. The molecule has 0 fully saturated rings. The number of nitro groups is 1. The first-order chi connectivity index (χ1) is 5.54. The molecular weight excluding hydrogens is 162 g/mol. The Kier molecular flexibility index (Phi) is 1.78. The maximum absolute atomic E-state index is 10.3. The average Bonchev–Trinajstić information content (AvgIpc) is 2.30. The first-order valence-electron chi connectivity index (χ1n) is 3.04. The molecule has 1 aromatic heterocycles. The van der Waals surface area contributed by atoms with Gasteiger partial charge in [-0.1, -0.05) is 0 Å². The van der Waals surface area contributed by atoms with Gasteiger partial charge in [0.1, 0.15) is 5.84 Å². The third-order valence-corrected chi connectivity index (χ3v) is 1.35. The third-order valence-electron chi connectivity index (χ3n) is 1.35. The van der Waals surface area contributed by atoms with E-state index in [1.807, 2.05) is 0 Å². The van der Waals surface area contributed by atoms with Gasteiger partial charge in [0.15, 0.2) is 5.69 Å². The topological polar surface area (TPSA) is 111 Å². The van der Waals surface area contributed by atoms with E-state index in [9.17, 15) is 10.1 Å². The van der Waals surface area contributed by atoms with Crippen LogP contribution < -0.4 is 5.73 Å². The summed E-state index contributed by atoms with van der Waals surface area (Å²) in [5, 5.41) is 17.4. The van der Waals surface area contributed by atoms with E-state index in [1.165, 1.54) is 17.9 Å². The zero-order valence-electron chi connectivity index (χ0n) is 6.31. The van der Waals surface area contributed by atoms with Crippen molar-refractivity contribution in [2.45, 2.75) is 0 Å². The molecule has 0 spiro atoms. The minimum absolute atomic E-state index is 0.0278. The Bertz CT molecular complexity index is 342. The number of rotatable bonds is 2. The van der Waals surface area contributed by atoms with Crippen LogP contribution in [0.5, 0.6) is 0 Å². The zero-order chi connectivity index (χ0) is 9.30. The van der Waals surface area contributed by atoms with E-state index < -0.39 is 4.92 Å². The van der Waals surface area contributed by atoms with Crippen molar-refractivity contribution >= 4 is 11.7 Å². The third kappa shape index (κ3) is 1.11. The van der Waals surface area contributed by atoms with Gasteiger partial charge in [-0.15, -0.1) is 0 Å². The lowest BCUT2D eigenvalue weighted by molar-refractivity contribution is -0.389. The maximum Gasteiger partial charge on any atom is 0.392 e. The van der Waals surface area contributed by atoms with Gasteiger partial charge in [-0.3, -0.25) is 5.41 Å². The van der Waals surface area contributed by atoms with E-state index in [2.05, 4.69) is 4.98 Å². The van der Waals surface area contributed by atoms with Crippen molar-refractivity contribution in [3.63, 3.8) is 0 Å². The summed E-state index contributed by atoms with van der Waals surface area (Å²) in [7, 11) is 1.54. The molecule has 0 amide bonds. The summed E-state index contributed by atoms with van der Waals surface area (Å²) in [5.41, 5.74) is 5.14. The van der Waals surface area contributed by atoms with Gasteiger partial charge in [-0.25, -0.2) is 0 Å². The molecule has 0 atom stereocenters.